The average Bonchev–Trinajstić information content (AvgIpc) is 3.13. The number of nitrogens with one attached hydrogen (secondary N) is 1. The molecule has 1 atom stereocenters. The molecular weight excluding hydrogens is 340 g/mol. The van der Waals surface area contributed by atoms with Gasteiger partial charge in [0, 0.05) is 31.3 Å². The number of rotatable bonds is 4. The van der Waals surface area contributed by atoms with E-state index in [9.17, 15) is 4.79 Å². The molecule has 3 aromatic rings. The summed E-state index contributed by atoms with van der Waals surface area (Å²) in [5.41, 5.74) is 1.44. The van der Waals surface area contributed by atoms with Crippen molar-refractivity contribution in [2.45, 2.75) is 40.3 Å². The van der Waals surface area contributed by atoms with Gasteiger partial charge < -0.3 is 9.88 Å². The third-order valence-electron chi connectivity index (χ3n) is 4.06. The highest BCUT2D eigenvalue weighted by molar-refractivity contribution is 6.36. The van der Waals surface area contributed by atoms with E-state index in [1.165, 1.54) is 4.52 Å². The lowest BCUT2D eigenvalue weighted by Crippen LogP contribution is -2.46. The first kappa shape index (κ1) is 17.4. The van der Waals surface area contributed by atoms with Crippen LogP contribution in [0.15, 0.2) is 31.1 Å². The first-order valence-electron chi connectivity index (χ1n) is 8.03. The number of aryl methyl sites for hydroxylation is 1. The zero-order valence-electron chi connectivity index (χ0n) is 14.7. The normalized spacial score (nSPS) is 13.2. The number of halogens is 1. The largest absolute Gasteiger partial charge is 0.346 e. The molecule has 0 radical (unpaired) electrons. The molecule has 0 saturated heterocycles. The molecule has 0 aromatic carbocycles. The van der Waals surface area contributed by atoms with E-state index in [1.807, 2.05) is 17.7 Å². The third kappa shape index (κ3) is 3.66. The van der Waals surface area contributed by atoms with Gasteiger partial charge in [0.25, 0.3) is 5.91 Å². The summed E-state index contributed by atoms with van der Waals surface area (Å²) in [6.07, 6.45) is 8.80. The molecule has 0 spiro atoms. The Morgan fingerprint density at radius 1 is 1.40 bits per heavy atom. The number of carbonyl (C=O) groups is 1. The van der Waals surface area contributed by atoms with Crippen LogP contribution in [0.4, 0.5) is 0 Å². The summed E-state index contributed by atoms with van der Waals surface area (Å²) in [7, 11) is 0. The molecule has 0 unspecified atom stereocenters. The molecule has 3 heterocycles. The summed E-state index contributed by atoms with van der Waals surface area (Å²) in [4.78, 5) is 21.1. The predicted molar refractivity (Wildman–Crippen MR) is 95.7 cm³/mol. The molecule has 0 saturated carbocycles. The van der Waals surface area contributed by atoms with E-state index in [-0.39, 0.29) is 28.1 Å². The fourth-order valence-corrected chi connectivity index (χ4v) is 2.77. The summed E-state index contributed by atoms with van der Waals surface area (Å²) in [5.74, 6) is -0.312. The summed E-state index contributed by atoms with van der Waals surface area (Å²) in [6.45, 7) is 8.74. The maximum atomic E-state index is 12.8. The quantitative estimate of drug-likeness (QED) is 0.776. The van der Waals surface area contributed by atoms with Crippen molar-refractivity contribution < 1.29 is 4.79 Å². The Morgan fingerprint density at radius 3 is 2.80 bits per heavy atom. The van der Waals surface area contributed by atoms with E-state index in [1.54, 1.807) is 24.9 Å². The predicted octanol–water partition coefficient (Wildman–Crippen LogP) is 2.73. The van der Waals surface area contributed by atoms with Crippen LogP contribution < -0.4 is 5.32 Å². The molecular formula is C17H21ClN6O. The van der Waals surface area contributed by atoms with Crippen LogP contribution in [0.2, 0.25) is 5.02 Å². The molecule has 0 aliphatic heterocycles. The van der Waals surface area contributed by atoms with Gasteiger partial charge in [0.05, 0.1) is 12.4 Å². The highest BCUT2D eigenvalue weighted by Gasteiger charge is 2.29. The molecule has 1 N–H and O–H groups in total. The van der Waals surface area contributed by atoms with Crippen LogP contribution in [0.1, 0.15) is 36.8 Å². The number of fused-ring (bicyclic) bond motifs is 1. The van der Waals surface area contributed by atoms with Crippen LogP contribution in [0, 0.1) is 12.3 Å². The van der Waals surface area contributed by atoms with E-state index >= 15 is 0 Å². The summed E-state index contributed by atoms with van der Waals surface area (Å²) in [5, 5.41) is 7.61. The standard InChI is InChI=1S/C17H21ClN6O/c1-11-7-20-15-13(18)14(22-24(15)8-11)16(25)21-12(17(2,3)4)9-23-6-5-19-10-23/h5-8,10,12H,9H2,1-4H3,(H,21,25)/t12-/m0/s1. The van der Waals surface area contributed by atoms with Gasteiger partial charge in [0.15, 0.2) is 11.3 Å². The SMILES string of the molecule is Cc1cnc2c(Cl)c(C(=O)N[C@@H](Cn3ccnc3)C(C)(C)C)nn2c1. The van der Waals surface area contributed by atoms with Gasteiger partial charge in [-0.2, -0.15) is 5.10 Å². The van der Waals surface area contributed by atoms with Gasteiger partial charge in [-0.3, -0.25) is 4.79 Å². The maximum absolute atomic E-state index is 12.8. The Balaban J connectivity index is 1.87. The minimum Gasteiger partial charge on any atom is -0.346 e. The molecule has 3 rings (SSSR count). The van der Waals surface area contributed by atoms with E-state index in [2.05, 4.69) is 41.2 Å². The number of amides is 1. The lowest BCUT2D eigenvalue weighted by molar-refractivity contribution is 0.0887. The third-order valence-corrected chi connectivity index (χ3v) is 4.41. The second-order valence-electron chi connectivity index (χ2n) is 7.21. The van der Waals surface area contributed by atoms with Gasteiger partial charge in [-0.1, -0.05) is 32.4 Å². The van der Waals surface area contributed by atoms with Crippen LogP contribution >= 0.6 is 11.6 Å². The highest BCUT2D eigenvalue weighted by atomic mass is 35.5. The lowest BCUT2D eigenvalue weighted by atomic mass is 9.86. The van der Waals surface area contributed by atoms with Gasteiger partial charge in [-0.25, -0.2) is 14.5 Å². The topological polar surface area (TPSA) is 77.1 Å². The fourth-order valence-electron chi connectivity index (χ4n) is 2.51. The van der Waals surface area contributed by atoms with Gasteiger partial charge in [-0.15, -0.1) is 0 Å². The molecule has 25 heavy (non-hydrogen) atoms. The minimum absolute atomic E-state index is 0.121. The number of nitrogens with zero attached hydrogens (tertiary/aromatic N) is 5. The van der Waals surface area contributed by atoms with Crippen molar-refractivity contribution in [3.63, 3.8) is 0 Å². The van der Waals surface area contributed by atoms with E-state index < -0.39 is 0 Å². The molecule has 132 valence electrons. The van der Waals surface area contributed by atoms with E-state index in [0.717, 1.165) is 5.56 Å². The summed E-state index contributed by atoms with van der Waals surface area (Å²) >= 11 is 6.32. The first-order valence-corrected chi connectivity index (χ1v) is 8.40. The Bertz CT molecular complexity index is 894. The van der Waals surface area contributed by atoms with Crippen LogP contribution in [-0.4, -0.2) is 36.1 Å². The van der Waals surface area contributed by atoms with Crippen LogP contribution in [0.5, 0.6) is 0 Å². The van der Waals surface area contributed by atoms with Crippen molar-refractivity contribution in [1.82, 2.24) is 29.5 Å². The monoisotopic (exact) mass is 360 g/mol. The summed E-state index contributed by atoms with van der Waals surface area (Å²) in [6, 6.07) is -0.121. The number of hydrogen-bond acceptors (Lipinski definition) is 4. The lowest BCUT2D eigenvalue weighted by Gasteiger charge is -2.31. The number of carbonyl (C=O) groups excluding carboxylic acids is 1. The van der Waals surface area contributed by atoms with Crippen LogP contribution in [0.25, 0.3) is 5.65 Å². The van der Waals surface area contributed by atoms with Crippen molar-refractivity contribution in [3.05, 3.63) is 47.4 Å². The second-order valence-corrected chi connectivity index (χ2v) is 7.59. The molecule has 3 aromatic heterocycles. The minimum atomic E-state index is -0.312. The molecule has 0 aliphatic carbocycles. The van der Waals surface area contributed by atoms with Crippen molar-refractivity contribution in [1.29, 1.82) is 0 Å². The zero-order valence-corrected chi connectivity index (χ0v) is 15.4. The van der Waals surface area contributed by atoms with Gasteiger partial charge in [0.2, 0.25) is 0 Å². The van der Waals surface area contributed by atoms with E-state index in [4.69, 9.17) is 11.6 Å². The van der Waals surface area contributed by atoms with Crippen LogP contribution in [0.3, 0.4) is 0 Å². The van der Waals surface area contributed by atoms with E-state index in [0.29, 0.717) is 12.2 Å². The Hall–Kier alpha value is -2.41. The van der Waals surface area contributed by atoms with Crippen molar-refractivity contribution >= 4 is 23.2 Å². The number of hydrogen-bond donors (Lipinski definition) is 1. The molecule has 8 heteroatoms. The molecule has 0 aliphatic rings. The number of imidazole rings is 1. The zero-order chi connectivity index (χ0) is 18.2. The van der Waals surface area contributed by atoms with Crippen molar-refractivity contribution in [2.75, 3.05) is 0 Å². The van der Waals surface area contributed by atoms with Gasteiger partial charge in [-0.05, 0) is 17.9 Å². The molecule has 1 amide bonds. The first-order chi connectivity index (χ1) is 11.8. The Labute approximate surface area is 151 Å². The molecule has 0 bridgehead atoms. The van der Waals surface area contributed by atoms with Gasteiger partial charge in [0.1, 0.15) is 5.02 Å². The second kappa shape index (κ2) is 6.48. The maximum Gasteiger partial charge on any atom is 0.273 e. The van der Waals surface area contributed by atoms with Crippen molar-refractivity contribution in [3.8, 4) is 0 Å². The number of aromatic nitrogens is 5. The highest BCUT2D eigenvalue weighted by Crippen LogP contribution is 2.24. The molecule has 0 fully saturated rings. The Kier molecular flexibility index (Phi) is 4.51. The van der Waals surface area contributed by atoms with Crippen LogP contribution in [-0.2, 0) is 6.54 Å². The summed E-state index contributed by atoms with van der Waals surface area (Å²) < 4.78 is 3.47. The smallest absolute Gasteiger partial charge is 0.273 e. The van der Waals surface area contributed by atoms with Crippen molar-refractivity contribution in [2.24, 2.45) is 5.41 Å². The van der Waals surface area contributed by atoms with Gasteiger partial charge >= 0.3 is 0 Å². The molecule has 7 nitrogen and oxygen atoms in total. The Morgan fingerprint density at radius 2 is 2.16 bits per heavy atom. The average molecular weight is 361 g/mol. The fraction of sp³-hybridized carbons (Fsp3) is 0.412.